The summed E-state index contributed by atoms with van der Waals surface area (Å²) in [6.45, 7) is 13.5. The number of aromatic nitrogens is 1. The van der Waals surface area contributed by atoms with Crippen LogP contribution in [0.2, 0.25) is 0 Å². The molecule has 1 saturated heterocycles. The van der Waals surface area contributed by atoms with E-state index in [0.29, 0.717) is 24.7 Å². The largest absolute Gasteiger partial charge is 0.481 e. The molecular formula is C38H56BN3O4. The number of aromatic amines is 1. The Morgan fingerprint density at radius 1 is 1.02 bits per heavy atom. The summed E-state index contributed by atoms with van der Waals surface area (Å²) in [5.41, 5.74) is 1.94. The summed E-state index contributed by atoms with van der Waals surface area (Å²) >= 11 is 0. The van der Waals surface area contributed by atoms with E-state index in [4.69, 9.17) is 9.31 Å². The van der Waals surface area contributed by atoms with E-state index in [0.717, 1.165) is 53.5 Å². The highest BCUT2D eigenvalue weighted by Crippen LogP contribution is 2.61. The Hall–Kier alpha value is -2.32. The Morgan fingerprint density at radius 3 is 2.37 bits per heavy atom. The maximum absolute atomic E-state index is 14.4. The Balaban J connectivity index is 1.11. The standard InChI is InChI=1S/C38H56BN3O4/c1-23(2)13-33(39-45-32-11-12-36(4,5)24(3)37(32,6)46-39)42-35(44)31(17-28-22-40-30-10-8-7-9-29(28)30)41-34(43)21-38-18-25-14-26(19-38)16-27(15-25)20-38/h7-10,22-27,31-33,40H,11-21H2,1-6H3,(H,41,43)(H,42,44)/t24-,25?,26?,27?,31-,32+,33-,37-,38?/m0/s1. The van der Waals surface area contributed by atoms with Crippen LogP contribution in [0.3, 0.4) is 0 Å². The van der Waals surface area contributed by atoms with E-state index >= 15 is 0 Å². The molecule has 8 heteroatoms. The predicted molar refractivity (Wildman–Crippen MR) is 183 cm³/mol. The van der Waals surface area contributed by atoms with Crippen LogP contribution in [0.5, 0.6) is 0 Å². The van der Waals surface area contributed by atoms with Crippen LogP contribution in [-0.2, 0) is 25.3 Å². The second-order valence-corrected chi connectivity index (χ2v) is 17.6. The molecule has 46 heavy (non-hydrogen) atoms. The summed E-state index contributed by atoms with van der Waals surface area (Å²) in [6, 6.07) is 7.48. The zero-order valence-corrected chi connectivity index (χ0v) is 29.0. The van der Waals surface area contributed by atoms with E-state index in [-0.39, 0.29) is 34.7 Å². The zero-order valence-electron chi connectivity index (χ0n) is 29.0. The number of rotatable bonds is 10. The average Bonchev–Trinajstić information content (AvgIpc) is 3.55. The first-order valence-corrected chi connectivity index (χ1v) is 18.3. The molecule has 1 aliphatic heterocycles. The van der Waals surface area contributed by atoms with Gasteiger partial charge in [-0.1, -0.05) is 52.8 Å². The molecule has 250 valence electrons. The molecule has 5 atom stereocenters. The van der Waals surface area contributed by atoms with Crippen molar-refractivity contribution in [1.82, 2.24) is 15.6 Å². The number of para-hydroxylation sites is 1. The normalized spacial score (nSPS) is 35.7. The maximum Gasteiger partial charge on any atom is 0.481 e. The lowest BCUT2D eigenvalue weighted by molar-refractivity contribution is -0.134. The molecule has 2 amide bonds. The summed E-state index contributed by atoms with van der Waals surface area (Å²) < 4.78 is 13.5. The molecule has 4 bridgehead atoms. The second kappa shape index (κ2) is 12.0. The number of carbonyl (C=O) groups excluding carboxylic acids is 2. The lowest BCUT2D eigenvalue weighted by Gasteiger charge is -2.56. The van der Waals surface area contributed by atoms with Crippen LogP contribution in [0.25, 0.3) is 10.9 Å². The fourth-order valence-corrected chi connectivity index (χ4v) is 10.9. The molecule has 0 spiro atoms. The Labute approximate surface area is 276 Å². The van der Waals surface area contributed by atoms with Gasteiger partial charge >= 0.3 is 7.12 Å². The number of carbonyl (C=O) groups is 2. The van der Waals surface area contributed by atoms with Crippen LogP contribution in [0.15, 0.2) is 30.5 Å². The van der Waals surface area contributed by atoms with Crippen molar-refractivity contribution in [1.29, 1.82) is 0 Å². The molecule has 0 unspecified atom stereocenters. The number of benzene rings is 1. The van der Waals surface area contributed by atoms with Gasteiger partial charge in [0.05, 0.1) is 17.6 Å². The molecular weight excluding hydrogens is 573 g/mol. The number of fused-ring (bicyclic) bond motifs is 2. The fraction of sp³-hybridized carbons (Fsp3) is 0.737. The average molecular weight is 630 g/mol. The van der Waals surface area contributed by atoms with E-state index in [1.54, 1.807) is 0 Å². The van der Waals surface area contributed by atoms with E-state index in [1.165, 1.54) is 38.5 Å². The van der Waals surface area contributed by atoms with Crippen LogP contribution in [0, 0.1) is 40.4 Å². The molecule has 8 rings (SSSR count). The van der Waals surface area contributed by atoms with Crippen LogP contribution in [-0.4, -0.2) is 47.6 Å². The van der Waals surface area contributed by atoms with Gasteiger partial charge in [-0.05, 0) is 117 Å². The van der Waals surface area contributed by atoms with Gasteiger partial charge in [0.2, 0.25) is 11.8 Å². The Kier molecular flexibility index (Phi) is 8.40. The first-order chi connectivity index (χ1) is 21.8. The van der Waals surface area contributed by atoms with Crippen molar-refractivity contribution in [2.75, 3.05) is 0 Å². The van der Waals surface area contributed by atoms with Crippen molar-refractivity contribution in [3.8, 4) is 0 Å². The monoisotopic (exact) mass is 629 g/mol. The minimum Gasteiger partial charge on any atom is -0.404 e. The van der Waals surface area contributed by atoms with Crippen molar-refractivity contribution in [2.24, 2.45) is 40.4 Å². The minimum absolute atomic E-state index is 0.00842. The first kappa shape index (κ1) is 32.2. The van der Waals surface area contributed by atoms with Crippen molar-refractivity contribution >= 4 is 29.8 Å². The third-order valence-electron chi connectivity index (χ3n) is 13.2. The summed E-state index contributed by atoms with van der Waals surface area (Å²) in [5, 5.41) is 7.73. The SMILES string of the molecule is CC(C)C[C@H](NC(=O)[C@H](Cc1c[nH]c2ccccc12)NC(=O)CC12CC3CC(CC(C3)C1)C2)B1O[C@@H]2CCC(C)(C)[C@H](C)[C@]2(C)O1. The fourth-order valence-electron chi connectivity index (χ4n) is 10.9. The molecule has 3 N–H and O–H groups in total. The van der Waals surface area contributed by atoms with E-state index < -0.39 is 18.8 Å². The van der Waals surface area contributed by atoms with Crippen LogP contribution in [0.1, 0.15) is 111 Å². The molecule has 2 aromatic rings. The van der Waals surface area contributed by atoms with E-state index in [9.17, 15) is 9.59 Å². The van der Waals surface area contributed by atoms with Gasteiger partial charge < -0.3 is 24.9 Å². The summed E-state index contributed by atoms with van der Waals surface area (Å²) in [5.74, 6) is 2.55. The van der Waals surface area contributed by atoms with Gasteiger partial charge in [-0.2, -0.15) is 0 Å². The van der Waals surface area contributed by atoms with Crippen molar-refractivity contribution in [3.05, 3.63) is 36.0 Å². The van der Waals surface area contributed by atoms with Crippen LogP contribution >= 0.6 is 0 Å². The summed E-state index contributed by atoms with van der Waals surface area (Å²) in [6.07, 6.45) is 13.3. The zero-order chi connectivity index (χ0) is 32.4. The highest BCUT2D eigenvalue weighted by Gasteiger charge is 2.59. The summed E-state index contributed by atoms with van der Waals surface area (Å²) in [7, 11) is -0.519. The topological polar surface area (TPSA) is 92.5 Å². The molecule has 5 aliphatic carbocycles. The molecule has 7 nitrogen and oxygen atoms in total. The van der Waals surface area contributed by atoms with E-state index in [2.05, 4.69) is 69.3 Å². The number of H-pyrrole nitrogens is 1. The Bertz CT molecular complexity index is 1420. The van der Waals surface area contributed by atoms with Crippen LogP contribution < -0.4 is 10.6 Å². The molecule has 1 aromatic heterocycles. The van der Waals surface area contributed by atoms with Crippen LogP contribution in [0.4, 0.5) is 0 Å². The molecule has 5 saturated carbocycles. The number of hydrogen-bond donors (Lipinski definition) is 3. The van der Waals surface area contributed by atoms with Crippen molar-refractivity contribution in [3.63, 3.8) is 0 Å². The minimum atomic E-state index is -0.688. The van der Waals surface area contributed by atoms with Gasteiger partial charge in [0, 0.05) is 29.9 Å². The van der Waals surface area contributed by atoms with Crippen molar-refractivity contribution < 1.29 is 18.9 Å². The Morgan fingerprint density at radius 2 is 1.70 bits per heavy atom. The lowest BCUT2D eigenvalue weighted by Crippen LogP contribution is -2.56. The van der Waals surface area contributed by atoms with Gasteiger partial charge in [-0.3, -0.25) is 9.59 Å². The highest BCUT2D eigenvalue weighted by atomic mass is 16.7. The number of nitrogens with one attached hydrogen (secondary N) is 3. The molecule has 6 aliphatic rings. The molecule has 2 heterocycles. The maximum atomic E-state index is 14.4. The molecule has 6 fully saturated rings. The molecule has 1 aromatic carbocycles. The van der Waals surface area contributed by atoms with E-state index in [1.807, 2.05) is 18.3 Å². The van der Waals surface area contributed by atoms with Gasteiger partial charge in [0.15, 0.2) is 0 Å². The summed E-state index contributed by atoms with van der Waals surface area (Å²) in [4.78, 5) is 31.6. The quantitative estimate of drug-likeness (QED) is 0.247. The molecule has 0 radical (unpaired) electrons. The number of amides is 2. The number of hydrogen-bond acceptors (Lipinski definition) is 4. The second-order valence-electron chi connectivity index (χ2n) is 17.6. The van der Waals surface area contributed by atoms with Gasteiger partial charge in [-0.15, -0.1) is 0 Å². The third kappa shape index (κ3) is 6.06. The predicted octanol–water partition coefficient (Wildman–Crippen LogP) is 6.99. The highest BCUT2D eigenvalue weighted by molar-refractivity contribution is 6.47. The third-order valence-corrected chi connectivity index (χ3v) is 13.2. The van der Waals surface area contributed by atoms with Gasteiger partial charge in [-0.25, -0.2) is 0 Å². The lowest BCUT2D eigenvalue weighted by atomic mass is 9.49. The van der Waals surface area contributed by atoms with Gasteiger partial charge in [0.1, 0.15) is 6.04 Å². The first-order valence-electron chi connectivity index (χ1n) is 18.3. The van der Waals surface area contributed by atoms with Crippen molar-refractivity contribution in [2.45, 2.75) is 136 Å². The van der Waals surface area contributed by atoms with Gasteiger partial charge in [0.25, 0.3) is 0 Å². The smallest absolute Gasteiger partial charge is 0.404 e.